The monoisotopic (exact) mass is 342 g/mol. The molecule has 0 aromatic heterocycles. The van der Waals surface area contributed by atoms with E-state index in [9.17, 15) is 0 Å². The maximum atomic E-state index is 6.37. The smallest absolute Gasteiger partial charge is 0.133 e. The molecule has 19 heavy (non-hydrogen) atoms. The highest BCUT2D eigenvalue weighted by Gasteiger charge is 2.50. The minimum Gasteiger partial charge on any atom is -0.496 e. The normalized spacial score (nSPS) is 32.8. The van der Waals surface area contributed by atoms with Gasteiger partial charge in [-0.2, -0.15) is 0 Å². The predicted octanol–water partition coefficient (Wildman–Crippen LogP) is 5.05. The van der Waals surface area contributed by atoms with Gasteiger partial charge in [0.15, 0.2) is 0 Å². The number of alkyl halides is 1. The quantitative estimate of drug-likeness (QED) is 0.695. The van der Waals surface area contributed by atoms with Gasteiger partial charge in [-0.25, -0.2) is 0 Å². The molecule has 2 aliphatic carbocycles. The van der Waals surface area contributed by atoms with Crippen LogP contribution < -0.4 is 4.74 Å². The molecule has 3 rings (SSSR count). The van der Waals surface area contributed by atoms with Gasteiger partial charge in [0.1, 0.15) is 5.75 Å². The zero-order valence-corrected chi connectivity index (χ0v) is 13.6. The SMILES string of the molecule is COc1ccc(CC2(CCl)CC3CCC2C3)cc1Br. The Bertz CT molecular complexity index is 476. The largest absolute Gasteiger partial charge is 0.496 e. The lowest BCUT2D eigenvalue weighted by molar-refractivity contribution is 0.193. The Kier molecular flexibility index (Phi) is 3.83. The lowest BCUT2D eigenvalue weighted by Crippen LogP contribution is -2.32. The fourth-order valence-electron chi connectivity index (χ4n) is 4.21. The Balaban J connectivity index is 1.82. The van der Waals surface area contributed by atoms with Crippen LogP contribution in [0, 0.1) is 17.3 Å². The van der Waals surface area contributed by atoms with E-state index in [0.29, 0.717) is 5.41 Å². The van der Waals surface area contributed by atoms with Gasteiger partial charge in [0, 0.05) is 5.88 Å². The van der Waals surface area contributed by atoms with Crippen molar-refractivity contribution in [1.29, 1.82) is 0 Å². The first kappa shape index (κ1) is 13.8. The van der Waals surface area contributed by atoms with Crippen molar-refractivity contribution in [2.24, 2.45) is 17.3 Å². The first-order valence-electron chi connectivity index (χ1n) is 7.05. The van der Waals surface area contributed by atoms with Crippen molar-refractivity contribution in [1.82, 2.24) is 0 Å². The van der Waals surface area contributed by atoms with Crippen molar-refractivity contribution in [2.45, 2.75) is 32.1 Å². The number of benzene rings is 1. The minimum atomic E-state index is 0.346. The second-order valence-electron chi connectivity index (χ2n) is 6.22. The Labute approximate surface area is 128 Å². The molecule has 3 unspecified atom stereocenters. The van der Waals surface area contributed by atoms with Gasteiger partial charge in [-0.15, -0.1) is 11.6 Å². The molecule has 1 aromatic rings. The number of methoxy groups -OCH3 is 1. The topological polar surface area (TPSA) is 9.23 Å². The maximum absolute atomic E-state index is 6.37. The van der Waals surface area contributed by atoms with E-state index in [4.69, 9.17) is 16.3 Å². The van der Waals surface area contributed by atoms with Crippen LogP contribution in [0.1, 0.15) is 31.2 Å². The number of rotatable bonds is 4. The summed E-state index contributed by atoms with van der Waals surface area (Å²) in [5.74, 6) is 3.48. The molecule has 1 nitrogen and oxygen atoms in total. The van der Waals surface area contributed by atoms with Gasteiger partial charge in [0.25, 0.3) is 0 Å². The molecule has 2 fully saturated rings. The van der Waals surface area contributed by atoms with Crippen molar-refractivity contribution in [3.8, 4) is 5.75 Å². The van der Waals surface area contributed by atoms with Gasteiger partial charge in [0.2, 0.25) is 0 Å². The van der Waals surface area contributed by atoms with E-state index in [1.165, 1.54) is 31.2 Å². The Morgan fingerprint density at radius 1 is 1.42 bits per heavy atom. The summed E-state index contributed by atoms with van der Waals surface area (Å²) in [5, 5.41) is 0. The van der Waals surface area contributed by atoms with Gasteiger partial charge in [-0.3, -0.25) is 0 Å². The van der Waals surface area contributed by atoms with Crippen LogP contribution in [0.4, 0.5) is 0 Å². The minimum absolute atomic E-state index is 0.346. The molecule has 0 aliphatic heterocycles. The second kappa shape index (κ2) is 5.29. The van der Waals surface area contributed by atoms with Gasteiger partial charge >= 0.3 is 0 Å². The van der Waals surface area contributed by atoms with E-state index in [2.05, 4.69) is 34.1 Å². The molecule has 3 heteroatoms. The molecular formula is C16H20BrClO. The van der Waals surface area contributed by atoms with Crippen LogP contribution >= 0.6 is 27.5 Å². The lowest BCUT2D eigenvalue weighted by atomic mass is 9.71. The molecule has 104 valence electrons. The Hall–Kier alpha value is -0.210. The first-order valence-corrected chi connectivity index (χ1v) is 8.38. The summed E-state index contributed by atoms with van der Waals surface area (Å²) in [4.78, 5) is 0. The van der Waals surface area contributed by atoms with Crippen LogP contribution in [0.15, 0.2) is 22.7 Å². The highest BCUT2D eigenvalue weighted by Crippen LogP contribution is 2.57. The number of hydrogen-bond donors (Lipinski definition) is 0. The average molecular weight is 344 g/mol. The Morgan fingerprint density at radius 2 is 2.26 bits per heavy atom. The van der Waals surface area contributed by atoms with Gasteiger partial charge in [0.05, 0.1) is 11.6 Å². The van der Waals surface area contributed by atoms with Gasteiger partial charge in [-0.1, -0.05) is 12.5 Å². The van der Waals surface area contributed by atoms with Crippen LogP contribution in [0.5, 0.6) is 5.75 Å². The second-order valence-corrected chi connectivity index (χ2v) is 7.34. The highest BCUT2D eigenvalue weighted by atomic mass is 79.9. The van der Waals surface area contributed by atoms with Crippen molar-refractivity contribution < 1.29 is 4.74 Å². The third-order valence-electron chi connectivity index (χ3n) is 5.14. The van der Waals surface area contributed by atoms with Crippen LogP contribution in [-0.2, 0) is 6.42 Å². The van der Waals surface area contributed by atoms with Crippen LogP contribution in [0.25, 0.3) is 0 Å². The fourth-order valence-corrected chi connectivity index (χ4v) is 5.22. The van der Waals surface area contributed by atoms with E-state index in [0.717, 1.165) is 34.4 Å². The van der Waals surface area contributed by atoms with Crippen molar-refractivity contribution in [2.75, 3.05) is 13.0 Å². The summed E-state index contributed by atoms with van der Waals surface area (Å²) in [6.45, 7) is 0. The van der Waals surface area contributed by atoms with Crippen molar-refractivity contribution in [3.05, 3.63) is 28.2 Å². The number of ether oxygens (including phenoxy) is 1. The molecule has 0 N–H and O–H groups in total. The summed E-state index contributed by atoms with van der Waals surface area (Å²) in [6, 6.07) is 6.43. The molecule has 0 heterocycles. The molecular weight excluding hydrogens is 324 g/mol. The lowest BCUT2D eigenvalue weighted by Gasteiger charge is -2.36. The van der Waals surface area contributed by atoms with Gasteiger partial charge < -0.3 is 4.74 Å². The average Bonchev–Trinajstić information content (AvgIpc) is 3.00. The fraction of sp³-hybridized carbons (Fsp3) is 0.625. The van der Waals surface area contributed by atoms with E-state index < -0.39 is 0 Å². The first-order chi connectivity index (χ1) is 9.16. The molecule has 1 aromatic carbocycles. The highest BCUT2D eigenvalue weighted by molar-refractivity contribution is 9.10. The van der Waals surface area contributed by atoms with Gasteiger partial charge in [-0.05, 0) is 76.6 Å². The molecule has 0 saturated heterocycles. The number of hydrogen-bond acceptors (Lipinski definition) is 1. The molecule has 0 radical (unpaired) electrons. The van der Waals surface area contributed by atoms with E-state index in [1.807, 2.05) is 0 Å². The van der Waals surface area contributed by atoms with Crippen LogP contribution in [-0.4, -0.2) is 13.0 Å². The van der Waals surface area contributed by atoms with Crippen LogP contribution in [0.2, 0.25) is 0 Å². The summed E-state index contributed by atoms with van der Waals surface area (Å²) < 4.78 is 6.34. The van der Waals surface area contributed by atoms with E-state index in [-0.39, 0.29) is 0 Å². The molecule has 0 spiro atoms. The third-order valence-corrected chi connectivity index (χ3v) is 6.29. The summed E-state index contributed by atoms with van der Waals surface area (Å²) in [6.07, 6.45) is 6.65. The summed E-state index contributed by atoms with van der Waals surface area (Å²) >= 11 is 9.95. The van der Waals surface area contributed by atoms with Crippen molar-refractivity contribution >= 4 is 27.5 Å². The number of halogens is 2. The van der Waals surface area contributed by atoms with E-state index >= 15 is 0 Å². The predicted molar refractivity (Wildman–Crippen MR) is 83.0 cm³/mol. The summed E-state index contributed by atoms with van der Waals surface area (Å²) in [5.41, 5.74) is 1.72. The molecule has 2 aliphatic rings. The zero-order chi connectivity index (χ0) is 13.5. The third kappa shape index (κ3) is 2.42. The molecule has 3 atom stereocenters. The maximum Gasteiger partial charge on any atom is 0.133 e. The van der Waals surface area contributed by atoms with E-state index in [1.54, 1.807) is 7.11 Å². The van der Waals surface area contributed by atoms with Crippen LogP contribution in [0.3, 0.4) is 0 Å². The standard InChI is InChI=1S/C16H20BrClO/c1-19-15-5-3-12(7-14(15)17)9-16(10-18)8-11-2-4-13(16)6-11/h3,5,7,11,13H,2,4,6,8-10H2,1H3. The molecule has 0 amide bonds. The van der Waals surface area contributed by atoms with Crippen molar-refractivity contribution in [3.63, 3.8) is 0 Å². The zero-order valence-electron chi connectivity index (χ0n) is 11.3. The molecule has 2 saturated carbocycles. The Morgan fingerprint density at radius 3 is 2.79 bits per heavy atom. The molecule has 2 bridgehead atoms. The summed E-state index contributed by atoms with van der Waals surface area (Å²) in [7, 11) is 1.70. The number of fused-ring (bicyclic) bond motifs is 2.